The molecule has 2 heterocycles. The first-order valence-electron chi connectivity index (χ1n) is 11.4. The molecule has 4 rings (SSSR count). The molecule has 0 spiro atoms. The van der Waals surface area contributed by atoms with E-state index in [1.807, 2.05) is 60.8 Å². The molecule has 1 aliphatic rings. The maximum atomic E-state index is 12.4. The SMILES string of the molecule is O=C(CS(=O)(=O)CCCc1ccccc1)Nc1ccc2c(ccn2CCN2CCOCC2)c1. The smallest absolute Gasteiger partial charge is 0.239 e. The van der Waals surface area contributed by atoms with Gasteiger partial charge in [-0.1, -0.05) is 30.3 Å². The third-order valence-electron chi connectivity index (χ3n) is 5.93. The number of aryl methyl sites for hydroxylation is 1. The van der Waals surface area contributed by atoms with Crippen molar-refractivity contribution < 1.29 is 17.9 Å². The van der Waals surface area contributed by atoms with Gasteiger partial charge in [-0.2, -0.15) is 0 Å². The number of rotatable bonds is 10. The van der Waals surface area contributed by atoms with Crippen LogP contribution in [0.5, 0.6) is 0 Å². The fraction of sp³-hybridized carbons (Fsp3) is 0.400. The molecule has 33 heavy (non-hydrogen) atoms. The summed E-state index contributed by atoms with van der Waals surface area (Å²) in [7, 11) is -3.46. The Morgan fingerprint density at radius 3 is 2.58 bits per heavy atom. The fourth-order valence-electron chi connectivity index (χ4n) is 4.16. The molecule has 7 nitrogen and oxygen atoms in total. The highest BCUT2D eigenvalue weighted by Crippen LogP contribution is 2.21. The summed E-state index contributed by atoms with van der Waals surface area (Å²) in [5.41, 5.74) is 2.80. The van der Waals surface area contributed by atoms with Gasteiger partial charge in [-0.05, 0) is 42.7 Å². The van der Waals surface area contributed by atoms with E-state index in [-0.39, 0.29) is 5.75 Å². The number of carbonyl (C=O) groups excluding carboxylic acids is 1. The van der Waals surface area contributed by atoms with Crippen molar-refractivity contribution in [2.24, 2.45) is 0 Å². The quantitative estimate of drug-likeness (QED) is 0.494. The lowest BCUT2D eigenvalue weighted by Crippen LogP contribution is -2.38. The van der Waals surface area contributed by atoms with Crippen LogP contribution in [0.1, 0.15) is 12.0 Å². The van der Waals surface area contributed by atoms with Gasteiger partial charge in [0.2, 0.25) is 5.91 Å². The van der Waals surface area contributed by atoms with Gasteiger partial charge in [0.1, 0.15) is 5.75 Å². The zero-order valence-electron chi connectivity index (χ0n) is 18.8. The van der Waals surface area contributed by atoms with Crippen LogP contribution in [-0.4, -0.2) is 68.1 Å². The number of morpholine rings is 1. The largest absolute Gasteiger partial charge is 0.379 e. The van der Waals surface area contributed by atoms with Crippen LogP contribution in [0.2, 0.25) is 0 Å². The predicted octanol–water partition coefficient (Wildman–Crippen LogP) is 2.96. The summed E-state index contributed by atoms with van der Waals surface area (Å²) in [6.07, 6.45) is 3.23. The molecular formula is C25H31N3O4S. The molecule has 3 aromatic rings. The zero-order chi connectivity index (χ0) is 23.1. The molecule has 8 heteroatoms. The van der Waals surface area contributed by atoms with Gasteiger partial charge in [0.05, 0.1) is 19.0 Å². The van der Waals surface area contributed by atoms with Crippen LogP contribution in [-0.2, 0) is 32.3 Å². The highest BCUT2D eigenvalue weighted by atomic mass is 32.2. The van der Waals surface area contributed by atoms with E-state index in [1.165, 1.54) is 0 Å². The Labute approximate surface area is 195 Å². The van der Waals surface area contributed by atoms with E-state index in [0.29, 0.717) is 18.5 Å². The van der Waals surface area contributed by atoms with Gasteiger partial charge >= 0.3 is 0 Å². The molecule has 0 bridgehead atoms. The second kappa shape index (κ2) is 11.0. The third-order valence-corrected chi connectivity index (χ3v) is 7.54. The number of benzene rings is 2. The van der Waals surface area contributed by atoms with E-state index in [1.54, 1.807) is 0 Å². The van der Waals surface area contributed by atoms with Crippen LogP contribution in [0, 0.1) is 0 Å². The van der Waals surface area contributed by atoms with Gasteiger partial charge in [0, 0.05) is 49.0 Å². The van der Waals surface area contributed by atoms with E-state index in [2.05, 4.69) is 14.8 Å². The van der Waals surface area contributed by atoms with Gasteiger partial charge in [0.15, 0.2) is 9.84 Å². The fourth-order valence-corrected chi connectivity index (χ4v) is 5.36. The van der Waals surface area contributed by atoms with E-state index < -0.39 is 21.5 Å². The molecule has 0 atom stereocenters. The average molecular weight is 470 g/mol. The van der Waals surface area contributed by atoms with E-state index in [4.69, 9.17) is 4.74 Å². The molecule has 1 amide bonds. The van der Waals surface area contributed by atoms with Gasteiger partial charge in [0.25, 0.3) is 0 Å². The number of ether oxygens (including phenoxy) is 1. The van der Waals surface area contributed by atoms with Crippen molar-refractivity contribution in [2.45, 2.75) is 19.4 Å². The molecular weight excluding hydrogens is 438 g/mol. The summed E-state index contributed by atoms with van der Waals surface area (Å²) in [4.78, 5) is 14.8. The molecule has 0 saturated carbocycles. The van der Waals surface area contributed by atoms with Crippen LogP contribution in [0.25, 0.3) is 10.9 Å². The number of fused-ring (bicyclic) bond motifs is 1. The number of nitrogens with zero attached hydrogens (tertiary/aromatic N) is 2. The topological polar surface area (TPSA) is 80.6 Å². The molecule has 1 aromatic heterocycles. The van der Waals surface area contributed by atoms with Crippen molar-refractivity contribution in [1.29, 1.82) is 0 Å². The predicted molar refractivity (Wildman–Crippen MR) is 131 cm³/mol. The monoisotopic (exact) mass is 469 g/mol. The van der Waals surface area contributed by atoms with E-state index in [0.717, 1.165) is 55.9 Å². The molecule has 0 aliphatic carbocycles. The first-order chi connectivity index (χ1) is 16.0. The summed E-state index contributed by atoms with van der Waals surface area (Å²) in [5.74, 6) is -0.999. The molecule has 2 aromatic carbocycles. The second-order valence-corrected chi connectivity index (χ2v) is 10.7. The Kier molecular flexibility index (Phi) is 7.80. The van der Waals surface area contributed by atoms with Crippen molar-refractivity contribution >= 4 is 32.3 Å². The standard InChI is InChI=1S/C25H31N3O4S/c29-25(20-33(30,31)18-4-7-21-5-2-1-3-6-21)26-23-8-9-24-22(19-23)10-11-28(24)13-12-27-14-16-32-17-15-27/h1-3,5-6,8-11,19H,4,7,12-18,20H2,(H,26,29). The number of nitrogens with one attached hydrogen (secondary N) is 1. The highest BCUT2D eigenvalue weighted by molar-refractivity contribution is 7.92. The average Bonchev–Trinajstić information content (AvgIpc) is 3.20. The lowest BCUT2D eigenvalue weighted by atomic mass is 10.1. The van der Waals surface area contributed by atoms with Crippen molar-refractivity contribution in [3.63, 3.8) is 0 Å². The molecule has 1 aliphatic heterocycles. The Balaban J connectivity index is 1.28. The maximum Gasteiger partial charge on any atom is 0.239 e. The summed E-state index contributed by atoms with van der Waals surface area (Å²) in [6.45, 7) is 5.36. The molecule has 176 valence electrons. The van der Waals surface area contributed by atoms with E-state index >= 15 is 0 Å². The first kappa shape index (κ1) is 23.5. The van der Waals surface area contributed by atoms with E-state index in [9.17, 15) is 13.2 Å². The minimum absolute atomic E-state index is 0.000340. The first-order valence-corrected chi connectivity index (χ1v) is 13.2. The zero-order valence-corrected chi connectivity index (χ0v) is 19.6. The highest BCUT2D eigenvalue weighted by Gasteiger charge is 2.17. The summed E-state index contributed by atoms with van der Waals surface area (Å²) in [6, 6.07) is 17.5. The number of sulfone groups is 1. The summed E-state index contributed by atoms with van der Waals surface area (Å²) >= 11 is 0. The number of hydrogen-bond acceptors (Lipinski definition) is 5. The lowest BCUT2D eigenvalue weighted by molar-refractivity contribution is -0.113. The molecule has 1 N–H and O–H groups in total. The van der Waals surface area contributed by atoms with Gasteiger partial charge in [-0.15, -0.1) is 0 Å². The second-order valence-electron chi connectivity index (χ2n) is 8.47. The van der Waals surface area contributed by atoms with Crippen LogP contribution >= 0.6 is 0 Å². The van der Waals surface area contributed by atoms with Crippen LogP contribution in [0.15, 0.2) is 60.8 Å². The maximum absolute atomic E-state index is 12.4. The lowest BCUT2D eigenvalue weighted by Gasteiger charge is -2.26. The van der Waals surface area contributed by atoms with Crippen LogP contribution < -0.4 is 5.32 Å². The number of amides is 1. The number of hydrogen-bond donors (Lipinski definition) is 1. The van der Waals surface area contributed by atoms with Gasteiger partial charge < -0.3 is 14.6 Å². The Hall–Kier alpha value is -2.68. The minimum atomic E-state index is -3.46. The van der Waals surface area contributed by atoms with Crippen molar-refractivity contribution in [3.8, 4) is 0 Å². The number of aromatic nitrogens is 1. The third kappa shape index (κ3) is 6.90. The van der Waals surface area contributed by atoms with Crippen molar-refractivity contribution in [1.82, 2.24) is 9.47 Å². The molecule has 1 fully saturated rings. The minimum Gasteiger partial charge on any atom is -0.379 e. The normalized spacial score (nSPS) is 15.0. The van der Waals surface area contributed by atoms with Crippen molar-refractivity contribution in [3.05, 3.63) is 66.4 Å². The number of carbonyl (C=O) groups is 1. The Morgan fingerprint density at radius 2 is 1.79 bits per heavy atom. The van der Waals surface area contributed by atoms with Gasteiger partial charge in [-0.3, -0.25) is 9.69 Å². The van der Waals surface area contributed by atoms with Crippen LogP contribution in [0.3, 0.4) is 0 Å². The van der Waals surface area contributed by atoms with Crippen LogP contribution in [0.4, 0.5) is 5.69 Å². The molecule has 0 unspecified atom stereocenters. The molecule has 0 radical (unpaired) electrons. The Bertz CT molecular complexity index is 1170. The van der Waals surface area contributed by atoms with Crippen molar-refractivity contribution in [2.75, 3.05) is 49.7 Å². The molecule has 1 saturated heterocycles. The van der Waals surface area contributed by atoms with Gasteiger partial charge in [-0.25, -0.2) is 8.42 Å². The number of anilines is 1. The Morgan fingerprint density at radius 1 is 1.00 bits per heavy atom. The summed E-state index contributed by atoms with van der Waals surface area (Å²) in [5, 5.41) is 3.76. The summed E-state index contributed by atoms with van der Waals surface area (Å²) < 4.78 is 32.3.